The predicted octanol–water partition coefficient (Wildman–Crippen LogP) is 0.00820. The van der Waals surface area contributed by atoms with E-state index in [0.29, 0.717) is 18.4 Å². The maximum atomic E-state index is 12.0. The van der Waals surface area contributed by atoms with Crippen LogP contribution in [0.4, 0.5) is 0 Å². The number of phenolic OH excluding ortho intramolecular Hbond substituents is 1. The summed E-state index contributed by atoms with van der Waals surface area (Å²) < 4.78 is 22.2. The first kappa shape index (κ1) is 28.3. The van der Waals surface area contributed by atoms with Gasteiger partial charge in [-0.2, -0.15) is 0 Å². The molecule has 0 saturated carbocycles. The smallest absolute Gasteiger partial charge is 0.310 e. The first-order valence-corrected chi connectivity index (χ1v) is 11.8. The topological polar surface area (TPSA) is 175 Å². The molecule has 0 amide bonds. The van der Waals surface area contributed by atoms with Crippen molar-refractivity contribution in [1.29, 1.82) is 0 Å². The second-order valence-electron chi connectivity index (χ2n) is 10.0. The number of ether oxygens (including phenoxy) is 4. The Kier molecular flexibility index (Phi) is 8.67. The Hall–Kier alpha value is -2.25. The van der Waals surface area contributed by atoms with E-state index in [4.69, 9.17) is 18.9 Å². The Morgan fingerprint density at radius 2 is 1.92 bits per heavy atom. The van der Waals surface area contributed by atoms with Gasteiger partial charge in [-0.1, -0.05) is 12.2 Å². The normalized spacial score (nSPS) is 33.1. The van der Waals surface area contributed by atoms with E-state index in [1.807, 2.05) is 6.92 Å². The average molecular weight is 513 g/mol. The van der Waals surface area contributed by atoms with E-state index < -0.39 is 54.5 Å². The third-order valence-corrected chi connectivity index (χ3v) is 6.54. The van der Waals surface area contributed by atoms with Gasteiger partial charge in [-0.25, -0.2) is 0 Å². The van der Waals surface area contributed by atoms with Crippen LogP contribution in [0.5, 0.6) is 11.5 Å². The van der Waals surface area contributed by atoms with Crippen molar-refractivity contribution >= 4 is 12.0 Å². The Morgan fingerprint density at radius 1 is 1.22 bits per heavy atom. The van der Waals surface area contributed by atoms with Crippen LogP contribution in [0.15, 0.2) is 18.2 Å². The molecule has 0 bridgehead atoms. The molecule has 0 aliphatic carbocycles. The van der Waals surface area contributed by atoms with Crippen molar-refractivity contribution in [2.45, 2.75) is 88.0 Å². The van der Waals surface area contributed by atoms with Gasteiger partial charge in [0.2, 0.25) is 6.29 Å². The van der Waals surface area contributed by atoms with Crippen LogP contribution in [0, 0.1) is 0 Å². The van der Waals surface area contributed by atoms with E-state index in [2.05, 4.69) is 0 Å². The van der Waals surface area contributed by atoms with E-state index >= 15 is 0 Å². The van der Waals surface area contributed by atoms with Crippen LogP contribution in [-0.4, -0.2) is 98.3 Å². The minimum absolute atomic E-state index is 0.0550. The summed E-state index contributed by atoms with van der Waals surface area (Å²) in [7, 11) is 1.21. The van der Waals surface area contributed by atoms with E-state index in [0.717, 1.165) is 0 Å². The fourth-order valence-corrected chi connectivity index (χ4v) is 4.35. The van der Waals surface area contributed by atoms with Crippen LogP contribution < -0.4 is 4.74 Å². The molecule has 36 heavy (non-hydrogen) atoms. The molecule has 3 rings (SSSR count). The fraction of sp³-hybridized carbons (Fsp3) is 0.640. The van der Waals surface area contributed by atoms with Gasteiger partial charge in [0.25, 0.3) is 0 Å². The molecule has 11 heteroatoms. The van der Waals surface area contributed by atoms with Crippen LogP contribution in [-0.2, 0) is 25.4 Å². The number of esters is 1. The quantitative estimate of drug-likeness (QED) is 0.259. The second-order valence-corrected chi connectivity index (χ2v) is 10.0. The highest BCUT2D eigenvalue weighted by Gasteiger charge is 2.45. The van der Waals surface area contributed by atoms with Crippen LogP contribution in [0.3, 0.4) is 0 Å². The zero-order valence-corrected chi connectivity index (χ0v) is 20.8. The van der Waals surface area contributed by atoms with Crippen molar-refractivity contribution < 1.29 is 54.4 Å². The predicted molar refractivity (Wildman–Crippen MR) is 126 cm³/mol. The number of hydrogen-bond donors (Lipinski definition) is 6. The zero-order chi connectivity index (χ0) is 26.8. The number of methoxy groups -OCH3 is 1. The van der Waals surface area contributed by atoms with Gasteiger partial charge in [0.05, 0.1) is 37.4 Å². The maximum absolute atomic E-state index is 12.0. The standard InChI is InChI=1S/C25H36O11/c1-24(2,32)17-6-8-25(3,36-17)7-5-13-9-15(27)10-14(11-18(28)33-4)22(13)35-23-21(31)20(30)19(29)16(12-26)34-23/h5,7,9-10,16-17,19-21,23,26-27,29-32H,6,8,11-12H2,1-4H3/b7-5+/t16-,17+,19-,20+,21-,23+,25+/m1/s1. The van der Waals surface area contributed by atoms with Crippen LogP contribution >= 0.6 is 0 Å². The highest BCUT2D eigenvalue weighted by Crippen LogP contribution is 2.39. The van der Waals surface area contributed by atoms with E-state index in [1.165, 1.54) is 19.2 Å². The van der Waals surface area contributed by atoms with Gasteiger partial charge < -0.3 is 49.6 Å². The van der Waals surface area contributed by atoms with E-state index in [1.54, 1.807) is 26.0 Å². The number of hydrogen-bond acceptors (Lipinski definition) is 11. The number of phenols is 1. The number of aliphatic hydroxyl groups is 5. The van der Waals surface area contributed by atoms with Gasteiger partial charge in [0, 0.05) is 11.1 Å². The van der Waals surface area contributed by atoms with Gasteiger partial charge in [-0.05, 0) is 45.7 Å². The largest absolute Gasteiger partial charge is 0.508 e. The zero-order valence-electron chi connectivity index (χ0n) is 20.8. The number of aliphatic hydroxyl groups excluding tert-OH is 4. The first-order valence-electron chi connectivity index (χ1n) is 11.8. The van der Waals surface area contributed by atoms with Crippen molar-refractivity contribution in [2.75, 3.05) is 13.7 Å². The molecule has 0 radical (unpaired) electrons. The molecular weight excluding hydrogens is 476 g/mol. The van der Waals surface area contributed by atoms with Gasteiger partial charge in [-0.3, -0.25) is 4.79 Å². The minimum Gasteiger partial charge on any atom is -0.508 e. The molecule has 1 aromatic carbocycles. The molecule has 11 nitrogen and oxygen atoms in total. The third kappa shape index (κ3) is 6.35. The second kappa shape index (κ2) is 11.0. The Morgan fingerprint density at radius 3 is 2.50 bits per heavy atom. The van der Waals surface area contributed by atoms with Gasteiger partial charge >= 0.3 is 5.97 Å². The fourth-order valence-electron chi connectivity index (χ4n) is 4.35. The lowest BCUT2D eigenvalue weighted by atomic mass is 9.96. The lowest BCUT2D eigenvalue weighted by Crippen LogP contribution is -2.60. The van der Waals surface area contributed by atoms with Crippen molar-refractivity contribution in [3.05, 3.63) is 29.3 Å². The lowest BCUT2D eigenvalue weighted by Gasteiger charge is -2.40. The number of carbonyl (C=O) groups is 1. The van der Waals surface area contributed by atoms with Crippen LogP contribution in [0.2, 0.25) is 0 Å². The Bertz CT molecular complexity index is 954. The summed E-state index contributed by atoms with van der Waals surface area (Å²) in [4.78, 5) is 12.0. The van der Waals surface area contributed by atoms with E-state index in [-0.39, 0.29) is 29.6 Å². The summed E-state index contributed by atoms with van der Waals surface area (Å²) in [6.45, 7) is 4.56. The number of carbonyl (C=O) groups excluding carboxylic acids is 1. The van der Waals surface area contributed by atoms with Gasteiger partial charge in [0.1, 0.15) is 35.9 Å². The van der Waals surface area contributed by atoms with Crippen LogP contribution in [0.1, 0.15) is 44.7 Å². The Balaban J connectivity index is 1.97. The molecule has 202 valence electrons. The molecule has 0 aromatic heterocycles. The van der Waals surface area contributed by atoms with Crippen molar-refractivity contribution in [2.24, 2.45) is 0 Å². The van der Waals surface area contributed by atoms with Gasteiger partial charge in [-0.15, -0.1) is 0 Å². The molecule has 2 aliphatic rings. The molecule has 2 fully saturated rings. The Labute approximate surface area is 209 Å². The number of rotatable bonds is 8. The SMILES string of the molecule is COC(=O)Cc1cc(O)cc(/C=C/[C@@]2(C)CC[C@@H](C(C)(C)O)O2)c1O[C@@H]1O[C@H](CO)[C@@H](O)[C@H](O)[C@H]1O. The molecule has 2 saturated heterocycles. The maximum Gasteiger partial charge on any atom is 0.310 e. The summed E-state index contributed by atoms with van der Waals surface area (Å²) in [5.41, 5.74) is -1.24. The lowest BCUT2D eigenvalue weighted by molar-refractivity contribution is -0.277. The first-order chi connectivity index (χ1) is 16.8. The summed E-state index contributed by atoms with van der Waals surface area (Å²) >= 11 is 0. The highest BCUT2D eigenvalue weighted by atomic mass is 16.7. The molecule has 6 N–H and O–H groups in total. The van der Waals surface area contributed by atoms with E-state index in [9.17, 15) is 35.4 Å². The third-order valence-electron chi connectivity index (χ3n) is 6.54. The van der Waals surface area contributed by atoms with Crippen molar-refractivity contribution in [3.63, 3.8) is 0 Å². The van der Waals surface area contributed by atoms with Crippen LogP contribution in [0.25, 0.3) is 6.08 Å². The molecular formula is C25H36O11. The minimum atomic E-state index is -1.68. The van der Waals surface area contributed by atoms with Gasteiger partial charge in [0.15, 0.2) is 0 Å². The summed E-state index contributed by atoms with van der Waals surface area (Å²) in [6.07, 6.45) is -3.66. The highest BCUT2D eigenvalue weighted by molar-refractivity contribution is 5.75. The molecule has 1 aromatic rings. The molecule has 2 heterocycles. The summed E-state index contributed by atoms with van der Waals surface area (Å²) in [6, 6.07) is 2.67. The number of benzene rings is 1. The summed E-state index contributed by atoms with van der Waals surface area (Å²) in [5.74, 6) is -0.728. The monoisotopic (exact) mass is 512 g/mol. The number of aromatic hydroxyl groups is 1. The summed E-state index contributed by atoms with van der Waals surface area (Å²) in [5, 5.41) is 60.8. The van der Waals surface area contributed by atoms with Crippen molar-refractivity contribution in [1.82, 2.24) is 0 Å². The molecule has 2 aliphatic heterocycles. The molecule has 0 unspecified atom stereocenters. The molecule has 0 spiro atoms. The average Bonchev–Trinajstić information content (AvgIpc) is 3.22. The van der Waals surface area contributed by atoms with Crippen molar-refractivity contribution in [3.8, 4) is 11.5 Å². The molecule has 7 atom stereocenters.